The number of phosphoric acid groups is 2. The first-order valence-corrected chi connectivity index (χ1v) is 38.5. The van der Waals surface area contributed by atoms with Gasteiger partial charge >= 0.3 is 63.0 Å². The highest BCUT2D eigenvalue weighted by molar-refractivity contribution is 7.48. The fraction of sp³-hybridized carbons (Fsp3) is 0.688. The van der Waals surface area contributed by atoms with Crippen molar-refractivity contribution in [3.63, 3.8) is 0 Å². The highest BCUT2D eigenvalue weighted by atomic mass is 31.2. The van der Waals surface area contributed by atoms with Gasteiger partial charge in [-0.05, 0) is 83.1 Å². The number of aromatic amines is 4. The number of ether oxygens (including phenoxy) is 18. The van der Waals surface area contributed by atoms with Crippen LogP contribution >= 0.6 is 15.6 Å². The lowest BCUT2D eigenvalue weighted by molar-refractivity contribution is -0.301. The molecule has 0 amide bonds. The summed E-state index contributed by atoms with van der Waals surface area (Å²) in [7, 11) is -7.37. The van der Waals surface area contributed by atoms with E-state index in [1.54, 1.807) is 27.7 Å². The number of aliphatic hydroxyl groups is 6. The number of rotatable bonds is 30. The summed E-state index contributed by atoms with van der Waals surface area (Å²) in [5.41, 5.74) is -14.5. The maximum absolute atomic E-state index is 16.4. The van der Waals surface area contributed by atoms with Gasteiger partial charge in [0.15, 0.2) is 37.1 Å². The summed E-state index contributed by atoms with van der Waals surface area (Å²) in [5, 5.41) is 59.0. The Hall–Kier alpha value is -8.90. The van der Waals surface area contributed by atoms with Crippen molar-refractivity contribution in [2.75, 3.05) is 67.8 Å². The third-order valence-corrected chi connectivity index (χ3v) is 19.7. The summed E-state index contributed by atoms with van der Waals surface area (Å²) in [6.45, 7) is 5.23. The zero-order valence-corrected chi connectivity index (χ0v) is 68.5. The summed E-state index contributed by atoms with van der Waals surface area (Å²) in [6.07, 6.45) is -16.8. The number of carbonyl (C=O) groups excluding carboxylic acids is 4. The third kappa shape index (κ3) is 24.0. The number of methoxy groups -OCH3 is 2. The fourth-order valence-corrected chi connectivity index (χ4v) is 13.5. The Bertz CT molecular complexity index is 4830. The number of H-pyrrole nitrogens is 4. The van der Waals surface area contributed by atoms with E-state index < -0.39 is 271 Å². The predicted molar refractivity (Wildman–Crippen MR) is 381 cm³/mol. The molecule has 2 unspecified atom stereocenters. The van der Waals surface area contributed by atoms with Crippen LogP contribution in [0.1, 0.15) is 108 Å². The molecule has 6 saturated heterocycles. The molecule has 58 heteroatoms. The van der Waals surface area contributed by atoms with Gasteiger partial charge in [0.2, 0.25) is 27.2 Å². The van der Waals surface area contributed by atoms with Crippen molar-refractivity contribution in [3.05, 3.63) is 132 Å². The fourth-order valence-electron chi connectivity index (χ4n) is 11.6. The van der Waals surface area contributed by atoms with Gasteiger partial charge in [0.1, 0.15) is 61.0 Å². The number of aromatic nitrogens is 8. The lowest BCUT2D eigenvalue weighted by atomic mass is 9.95. The molecule has 0 bridgehead atoms. The number of nitrogens with one attached hydrogen (secondary N) is 4. The Balaban J connectivity index is 0.000000235. The standard InChI is InChI=1S/C22H32FN2O16P.C20H30FN2O15P.C12H15FN2O7.C10H13FN2O6/c1-12(2)37-18(28)32-10-35-42(30,36-11-33-19(29)38-13(3)4)34-9-22(23)15-21(5,41-20(31-6)39-15)16(40-22)25-8-7-14(26)24-17(25)27;1-11(2)36-17(27)31-9-34-39(30,35-10-32-18(28)37-12(3)4)33-8-20(21)14(25)19(5,29)15(38-20)23-7-6-13(24)22-16(23)26;1-11-7(20-10(19-2)22-11)12(13,5-16)21-8(11)15-4-3-6(17)14-9(15)18;1-9(18)6(16)10(11,4-14)19-7(9)13-3-2-5(15)12-8(13)17/h7-8,12-13,15-16,20H,9-11H2,1-6H3,(H,24,26,27);6-7,11-12,14-15,25,29H,8-10H2,1-5H3,(H,22,24,26);3-4,7-8,10,16H,5H2,1-2H3,(H,14,17,18);2-3,6-7,14,16,18H,4H2,1H3,(H,12,15,17)/t15-,16+,20?,21+,22+;14-,15+,19+,20+;7-,8+,10?,11+,12+;6-,7+,9+,10+/m0000/s1. The first kappa shape index (κ1) is 100. The van der Waals surface area contributed by atoms with E-state index in [-0.39, 0.29) is 0 Å². The van der Waals surface area contributed by atoms with Crippen molar-refractivity contribution in [1.29, 1.82) is 0 Å². The molecule has 0 aromatic carbocycles. The summed E-state index contributed by atoms with van der Waals surface area (Å²) in [4.78, 5) is 147. The number of hydrogen-bond acceptors (Lipinski definition) is 44. The second-order valence-corrected chi connectivity index (χ2v) is 31.4. The molecule has 10 rings (SSSR count). The summed E-state index contributed by atoms with van der Waals surface area (Å²) < 4.78 is 209. The average molecular weight is 1810 g/mol. The van der Waals surface area contributed by atoms with Crippen molar-refractivity contribution in [2.24, 2.45) is 0 Å². The molecule has 6 fully saturated rings. The van der Waals surface area contributed by atoms with Crippen molar-refractivity contribution in [3.8, 4) is 0 Å². The van der Waals surface area contributed by atoms with Crippen LogP contribution in [0.3, 0.4) is 0 Å². The molecule has 688 valence electrons. The zero-order chi connectivity index (χ0) is 91.4. The van der Waals surface area contributed by atoms with Crippen molar-refractivity contribution in [2.45, 2.75) is 216 Å². The molecule has 0 saturated carbocycles. The van der Waals surface area contributed by atoms with Crippen LogP contribution in [0.4, 0.5) is 36.7 Å². The molecule has 0 spiro atoms. The maximum Gasteiger partial charge on any atom is 0.510 e. The minimum atomic E-state index is -4.97. The molecular weight excluding hydrogens is 1720 g/mol. The molecule has 18 atom stereocenters. The van der Waals surface area contributed by atoms with Crippen LogP contribution < -0.4 is 45.0 Å². The molecule has 0 aliphatic carbocycles. The van der Waals surface area contributed by atoms with E-state index in [4.69, 9.17) is 98.6 Å². The molecule has 52 nitrogen and oxygen atoms in total. The van der Waals surface area contributed by atoms with Crippen LogP contribution in [0, 0.1) is 0 Å². The van der Waals surface area contributed by atoms with E-state index in [0.717, 1.165) is 76.6 Å². The van der Waals surface area contributed by atoms with Crippen molar-refractivity contribution in [1.82, 2.24) is 38.2 Å². The van der Waals surface area contributed by atoms with Crippen molar-refractivity contribution < 1.29 is 189 Å². The zero-order valence-electron chi connectivity index (χ0n) is 66.8. The number of hydrogen-bond donors (Lipinski definition) is 10. The predicted octanol–water partition coefficient (Wildman–Crippen LogP) is -0.266. The molecule has 10 heterocycles. The van der Waals surface area contributed by atoms with Gasteiger partial charge in [-0.1, -0.05) is 0 Å². The van der Waals surface area contributed by atoms with Crippen LogP contribution in [0.25, 0.3) is 0 Å². The van der Waals surface area contributed by atoms with Gasteiger partial charge in [-0.2, -0.15) is 0 Å². The van der Waals surface area contributed by atoms with Gasteiger partial charge in [0.25, 0.3) is 58.6 Å². The number of nitrogens with zero attached hydrogens (tertiary/aromatic N) is 4. The van der Waals surface area contributed by atoms with Crippen LogP contribution in [0.15, 0.2) is 87.4 Å². The van der Waals surface area contributed by atoms with Gasteiger partial charge in [-0.3, -0.25) is 66.4 Å². The highest BCUT2D eigenvalue weighted by Gasteiger charge is 2.73. The normalized spacial score (nSPS) is 30.8. The van der Waals surface area contributed by atoms with Crippen LogP contribution in [0.2, 0.25) is 0 Å². The average Bonchev–Trinajstić information content (AvgIpc) is 1.55. The van der Waals surface area contributed by atoms with E-state index in [2.05, 4.69) is 18.9 Å². The molecule has 6 aliphatic heterocycles. The van der Waals surface area contributed by atoms with E-state index in [1.807, 2.05) is 19.9 Å². The summed E-state index contributed by atoms with van der Waals surface area (Å²) >= 11 is 0. The Morgan fingerprint density at radius 3 is 0.943 bits per heavy atom. The van der Waals surface area contributed by atoms with Crippen LogP contribution in [0.5, 0.6) is 0 Å². The number of fused-ring (bicyclic) bond motifs is 2. The molecule has 122 heavy (non-hydrogen) atoms. The lowest BCUT2D eigenvalue weighted by Gasteiger charge is -2.28. The Morgan fingerprint density at radius 1 is 0.418 bits per heavy atom. The van der Waals surface area contributed by atoms with E-state index in [9.17, 15) is 101 Å². The topological polar surface area (TPSA) is 665 Å². The van der Waals surface area contributed by atoms with Gasteiger partial charge in [-0.15, -0.1) is 0 Å². The van der Waals surface area contributed by atoms with E-state index in [1.165, 1.54) is 55.8 Å². The molecule has 6 aliphatic rings. The number of aliphatic hydroxyl groups excluding tert-OH is 4. The molecule has 0 radical (unpaired) electrons. The smallest absolute Gasteiger partial charge is 0.432 e. The highest BCUT2D eigenvalue weighted by Crippen LogP contribution is 2.58. The summed E-state index contributed by atoms with van der Waals surface area (Å²) in [6, 6.07) is 3.94. The minimum Gasteiger partial charge on any atom is -0.432 e. The minimum absolute atomic E-state index is 0.551. The largest absolute Gasteiger partial charge is 0.510 e. The quantitative estimate of drug-likeness (QED) is 0.0106. The SMILES string of the molecule is CC(C)OC(=O)OCOP(=O)(OCOC(=O)OC(C)C)OC[C@@]1(F)O[C@@H](n2ccc(=O)[nH]c2=O)[C@](C)(O)[C@@H]1O.COC1O[C@H]2[C@@](C)(O1)[C@H](n1ccc(=O)[nH]c1=O)O[C@]2(F)CO.COC1O[C@H]2[C@@](C)(O1)[C@H](n1ccc(=O)[nH]c1=O)O[C@]2(F)COP(=O)(OCOC(=O)OC(C)C)OCOC(=O)OC(C)C.C[C@]1(O)[C@H](n2ccc(=O)[nH]c2=O)O[C@](F)(CO)[C@H]1O. The number of alkyl halides is 4. The molecule has 4 aromatic rings. The van der Waals surface area contributed by atoms with E-state index >= 15 is 8.78 Å². The first-order valence-electron chi connectivity index (χ1n) is 35.5. The Labute approximate surface area is 681 Å². The third-order valence-electron chi connectivity index (χ3n) is 17.1. The molecule has 4 aromatic heterocycles. The van der Waals surface area contributed by atoms with Gasteiger partial charge in [0.05, 0.1) is 24.4 Å². The first-order chi connectivity index (χ1) is 56.6. The van der Waals surface area contributed by atoms with E-state index in [0.29, 0.717) is 4.57 Å². The Kier molecular flexibility index (Phi) is 33.2. The lowest BCUT2D eigenvalue weighted by Crippen LogP contribution is -2.50. The van der Waals surface area contributed by atoms with Gasteiger partial charge in [-0.25, -0.2) is 83.1 Å². The number of halogens is 4. The number of carbonyl (C=O) groups is 4. The van der Waals surface area contributed by atoms with Gasteiger partial charge < -0.3 is 116 Å². The molecule has 10 N–H and O–H groups in total. The van der Waals surface area contributed by atoms with Crippen LogP contribution in [-0.4, -0.2) is 269 Å². The monoisotopic (exact) mass is 1810 g/mol. The maximum atomic E-state index is 16.4. The Morgan fingerprint density at radius 2 is 0.672 bits per heavy atom. The van der Waals surface area contributed by atoms with Gasteiger partial charge in [0, 0.05) is 63.3 Å². The van der Waals surface area contributed by atoms with Crippen molar-refractivity contribution >= 4 is 40.3 Å². The number of phosphoric ester groups is 2. The second-order valence-electron chi connectivity index (χ2n) is 28.0. The second kappa shape index (κ2) is 40.4. The van der Waals surface area contributed by atoms with Crippen LogP contribution in [-0.2, 0) is 122 Å². The molecular formula is C64H90F4N8O44P2. The summed E-state index contributed by atoms with van der Waals surface area (Å²) in [5.74, 6) is -11.9.